The quantitative estimate of drug-likeness (QED) is 0.372. The summed E-state index contributed by atoms with van der Waals surface area (Å²) in [7, 11) is -1.50. The lowest BCUT2D eigenvalue weighted by Crippen LogP contribution is -2.60. The Hall–Kier alpha value is -0.900. The lowest BCUT2D eigenvalue weighted by Gasteiger charge is -2.48. The summed E-state index contributed by atoms with van der Waals surface area (Å²) >= 11 is 0. The van der Waals surface area contributed by atoms with Gasteiger partial charge in [0.2, 0.25) is 10.0 Å². The second-order valence-corrected chi connectivity index (χ2v) is 10.6. The highest BCUT2D eigenvalue weighted by molar-refractivity contribution is 7.89. The SMILES string of the molecule is CN=C(NCCS(=O)(=O)NCC1CCC1)NCC1(N2CCOCC2)CCCCC1. The van der Waals surface area contributed by atoms with E-state index in [4.69, 9.17) is 4.74 Å². The van der Waals surface area contributed by atoms with E-state index in [1.54, 1.807) is 7.05 Å². The first-order chi connectivity index (χ1) is 14.0. The van der Waals surface area contributed by atoms with E-state index in [1.807, 2.05) is 0 Å². The van der Waals surface area contributed by atoms with E-state index in [2.05, 4.69) is 25.2 Å². The zero-order chi connectivity index (χ0) is 20.6. The average Bonchev–Trinajstić information content (AvgIpc) is 2.70. The van der Waals surface area contributed by atoms with Gasteiger partial charge >= 0.3 is 0 Å². The maximum Gasteiger partial charge on any atom is 0.213 e. The summed E-state index contributed by atoms with van der Waals surface area (Å²) < 4.78 is 32.6. The third kappa shape index (κ3) is 6.80. The summed E-state index contributed by atoms with van der Waals surface area (Å²) in [6.07, 6.45) is 9.72. The Morgan fingerprint density at radius 1 is 1.10 bits per heavy atom. The number of rotatable bonds is 9. The van der Waals surface area contributed by atoms with Gasteiger partial charge in [-0.3, -0.25) is 9.89 Å². The standard InChI is InChI=1S/C20H39N5O3S/c1-21-19(22-10-15-29(26,27)24-16-18-6-5-7-18)23-17-20(8-3-2-4-9-20)25-11-13-28-14-12-25/h18,24H,2-17H2,1H3,(H2,21,22,23). The lowest BCUT2D eigenvalue weighted by atomic mass is 9.80. The van der Waals surface area contributed by atoms with Crippen LogP contribution in [0.25, 0.3) is 0 Å². The molecular formula is C20H39N5O3S. The molecule has 1 heterocycles. The summed E-state index contributed by atoms with van der Waals surface area (Å²) in [4.78, 5) is 6.89. The Labute approximate surface area is 176 Å². The largest absolute Gasteiger partial charge is 0.379 e. The number of ether oxygens (including phenoxy) is 1. The van der Waals surface area contributed by atoms with Gasteiger partial charge in [0.15, 0.2) is 5.96 Å². The van der Waals surface area contributed by atoms with Gasteiger partial charge in [0.1, 0.15) is 0 Å². The fraction of sp³-hybridized carbons (Fsp3) is 0.950. The normalized spacial score (nSPS) is 24.1. The summed E-state index contributed by atoms with van der Waals surface area (Å²) in [6, 6.07) is 0. The van der Waals surface area contributed by atoms with Crippen molar-refractivity contribution in [3.05, 3.63) is 0 Å². The highest BCUT2D eigenvalue weighted by atomic mass is 32.2. The van der Waals surface area contributed by atoms with Crippen LogP contribution in [0.4, 0.5) is 0 Å². The van der Waals surface area contributed by atoms with Crippen molar-refractivity contribution in [1.82, 2.24) is 20.3 Å². The number of nitrogens with one attached hydrogen (secondary N) is 3. The van der Waals surface area contributed by atoms with E-state index in [0.29, 0.717) is 25.0 Å². The lowest BCUT2D eigenvalue weighted by molar-refractivity contribution is -0.0352. The van der Waals surface area contributed by atoms with Crippen molar-refractivity contribution >= 4 is 16.0 Å². The predicted molar refractivity (Wildman–Crippen MR) is 117 cm³/mol. The van der Waals surface area contributed by atoms with Crippen molar-refractivity contribution in [2.24, 2.45) is 10.9 Å². The van der Waals surface area contributed by atoms with E-state index in [9.17, 15) is 8.42 Å². The van der Waals surface area contributed by atoms with Crippen LogP contribution in [-0.2, 0) is 14.8 Å². The number of sulfonamides is 1. The smallest absolute Gasteiger partial charge is 0.213 e. The van der Waals surface area contributed by atoms with Crippen LogP contribution in [0.5, 0.6) is 0 Å². The molecule has 0 amide bonds. The second-order valence-electron chi connectivity index (χ2n) is 8.70. The van der Waals surface area contributed by atoms with Gasteiger partial charge in [-0.05, 0) is 31.6 Å². The van der Waals surface area contributed by atoms with Gasteiger partial charge in [-0.2, -0.15) is 0 Å². The molecule has 9 heteroatoms. The van der Waals surface area contributed by atoms with E-state index >= 15 is 0 Å². The Balaban J connectivity index is 1.44. The molecule has 1 aliphatic heterocycles. The molecule has 2 saturated carbocycles. The van der Waals surface area contributed by atoms with Crippen molar-refractivity contribution in [2.75, 3.05) is 58.7 Å². The first-order valence-corrected chi connectivity index (χ1v) is 12.9. The average molecular weight is 430 g/mol. The minimum atomic E-state index is -3.24. The van der Waals surface area contributed by atoms with Crippen LogP contribution >= 0.6 is 0 Å². The molecule has 0 aromatic rings. The minimum absolute atomic E-state index is 0.0645. The number of morpholine rings is 1. The number of guanidine groups is 1. The molecule has 0 bridgehead atoms. The van der Waals surface area contributed by atoms with Crippen LogP contribution in [0.15, 0.2) is 4.99 Å². The summed E-state index contributed by atoms with van der Waals surface area (Å²) in [5.74, 6) is 1.27. The first-order valence-electron chi connectivity index (χ1n) is 11.3. The molecule has 0 radical (unpaired) electrons. The molecule has 0 atom stereocenters. The van der Waals surface area contributed by atoms with Gasteiger partial charge in [0, 0.05) is 45.3 Å². The maximum absolute atomic E-state index is 12.2. The fourth-order valence-corrected chi connectivity index (χ4v) is 5.64. The zero-order valence-electron chi connectivity index (χ0n) is 17.9. The van der Waals surface area contributed by atoms with Crippen LogP contribution in [0, 0.1) is 5.92 Å². The van der Waals surface area contributed by atoms with Gasteiger partial charge in [-0.1, -0.05) is 25.7 Å². The molecule has 2 aliphatic carbocycles. The van der Waals surface area contributed by atoms with Gasteiger partial charge < -0.3 is 15.4 Å². The minimum Gasteiger partial charge on any atom is -0.379 e. The van der Waals surface area contributed by atoms with E-state index in [-0.39, 0.29) is 11.3 Å². The van der Waals surface area contributed by atoms with Crippen molar-refractivity contribution in [1.29, 1.82) is 0 Å². The molecular weight excluding hydrogens is 390 g/mol. The molecule has 3 N–H and O–H groups in total. The zero-order valence-corrected chi connectivity index (χ0v) is 18.7. The third-order valence-corrected chi connectivity index (χ3v) is 8.10. The molecule has 3 fully saturated rings. The highest BCUT2D eigenvalue weighted by Crippen LogP contribution is 2.33. The summed E-state index contributed by atoms with van der Waals surface area (Å²) in [6.45, 7) is 5.35. The maximum atomic E-state index is 12.2. The van der Waals surface area contributed by atoms with Crippen molar-refractivity contribution < 1.29 is 13.2 Å². The van der Waals surface area contributed by atoms with Crippen LogP contribution < -0.4 is 15.4 Å². The molecule has 3 aliphatic rings. The first kappa shape index (κ1) is 22.8. The molecule has 1 saturated heterocycles. The Kier molecular flexibility index (Phi) is 8.58. The molecule has 3 rings (SSSR count). The van der Waals surface area contributed by atoms with Crippen molar-refractivity contribution in [2.45, 2.75) is 56.9 Å². The van der Waals surface area contributed by atoms with E-state index in [1.165, 1.54) is 38.5 Å². The van der Waals surface area contributed by atoms with Crippen molar-refractivity contribution in [3.63, 3.8) is 0 Å². The monoisotopic (exact) mass is 429 g/mol. The van der Waals surface area contributed by atoms with E-state index in [0.717, 1.165) is 45.7 Å². The van der Waals surface area contributed by atoms with E-state index < -0.39 is 10.0 Å². The second kappa shape index (κ2) is 10.9. The summed E-state index contributed by atoms with van der Waals surface area (Å²) in [5.41, 5.74) is 0.149. The number of hydrogen-bond donors (Lipinski definition) is 3. The van der Waals surface area contributed by atoms with Gasteiger partial charge in [-0.15, -0.1) is 0 Å². The third-order valence-electron chi connectivity index (χ3n) is 6.75. The summed E-state index contributed by atoms with van der Waals surface area (Å²) in [5, 5.41) is 6.65. The molecule has 0 aromatic carbocycles. The number of aliphatic imine (C=N–C) groups is 1. The number of nitrogens with zero attached hydrogens (tertiary/aromatic N) is 2. The molecule has 168 valence electrons. The molecule has 0 unspecified atom stereocenters. The Bertz CT molecular complexity index is 624. The predicted octanol–water partition coefficient (Wildman–Crippen LogP) is 0.906. The van der Waals surface area contributed by atoms with Gasteiger partial charge in [0.05, 0.1) is 19.0 Å². The highest BCUT2D eigenvalue weighted by Gasteiger charge is 2.38. The molecule has 0 spiro atoms. The Morgan fingerprint density at radius 3 is 2.45 bits per heavy atom. The molecule has 0 aromatic heterocycles. The topological polar surface area (TPSA) is 95.1 Å². The Morgan fingerprint density at radius 2 is 1.83 bits per heavy atom. The van der Waals surface area contributed by atoms with Crippen LogP contribution in [0.2, 0.25) is 0 Å². The van der Waals surface area contributed by atoms with Crippen molar-refractivity contribution in [3.8, 4) is 0 Å². The van der Waals surface area contributed by atoms with Gasteiger partial charge in [-0.25, -0.2) is 13.1 Å². The van der Waals surface area contributed by atoms with Crippen LogP contribution in [0.3, 0.4) is 0 Å². The van der Waals surface area contributed by atoms with Crippen LogP contribution in [-0.4, -0.2) is 83.6 Å². The molecule has 29 heavy (non-hydrogen) atoms. The van der Waals surface area contributed by atoms with Gasteiger partial charge in [0.25, 0.3) is 0 Å². The fourth-order valence-electron chi connectivity index (χ4n) is 4.64. The molecule has 8 nitrogen and oxygen atoms in total. The van der Waals surface area contributed by atoms with Crippen LogP contribution in [0.1, 0.15) is 51.4 Å². The number of hydrogen-bond acceptors (Lipinski definition) is 5.